The number of hydrogen-bond donors (Lipinski definition) is 0. The van der Waals surface area contributed by atoms with Crippen molar-refractivity contribution in [2.24, 2.45) is 0 Å². The van der Waals surface area contributed by atoms with E-state index in [1.165, 1.54) is 71.6 Å². The lowest BCUT2D eigenvalue weighted by atomic mass is 9.84. The minimum atomic E-state index is 0.193. The maximum Gasteiger partial charge on any atom is 0.160 e. The third kappa shape index (κ3) is 5.73. The summed E-state index contributed by atoms with van der Waals surface area (Å²) in [5, 5.41) is 5.04. The van der Waals surface area contributed by atoms with Gasteiger partial charge in [0.2, 0.25) is 0 Å². The molecule has 266 valence electrons. The molecule has 0 saturated heterocycles. The van der Waals surface area contributed by atoms with Crippen LogP contribution in [-0.2, 0) is 0 Å². The standard InChI is InChI=1S/C55H36N2/c1-2-14-41(15-3-1)55-56-52(39-29-25-37(26-30-39)43-24-12-16-36-13-4-5-17-42(36)43)35-53(57-55)40-31-27-38(28-32-40)44-33-34-51(46-19-7-6-18-45(44)46)54-49-22-10-8-20-47(49)48-21-9-11-23-50(48)54/h1-35,54H. The van der Waals surface area contributed by atoms with Crippen LogP contribution in [0.15, 0.2) is 212 Å². The first-order valence-corrected chi connectivity index (χ1v) is 19.6. The molecule has 0 fully saturated rings. The zero-order chi connectivity index (χ0) is 37.7. The van der Waals surface area contributed by atoms with Crippen LogP contribution in [0.5, 0.6) is 0 Å². The van der Waals surface area contributed by atoms with Gasteiger partial charge in [-0.15, -0.1) is 0 Å². The second kappa shape index (κ2) is 13.7. The van der Waals surface area contributed by atoms with Gasteiger partial charge < -0.3 is 0 Å². The number of hydrogen-bond acceptors (Lipinski definition) is 2. The molecule has 0 radical (unpaired) electrons. The van der Waals surface area contributed by atoms with E-state index in [1.807, 2.05) is 18.2 Å². The zero-order valence-electron chi connectivity index (χ0n) is 31.2. The van der Waals surface area contributed by atoms with E-state index in [9.17, 15) is 0 Å². The molecule has 0 atom stereocenters. The molecule has 11 rings (SSSR count). The van der Waals surface area contributed by atoms with E-state index in [4.69, 9.17) is 9.97 Å². The Morgan fingerprint density at radius 1 is 0.281 bits per heavy atom. The van der Waals surface area contributed by atoms with Crippen LogP contribution in [0.25, 0.3) is 88.8 Å². The van der Waals surface area contributed by atoms with Gasteiger partial charge in [-0.3, -0.25) is 0 Å². The molecular weight excluding hydrogens is 689 g/mol. The molecule has 1 heterocycles. The van der Waals surface area contributed by atoms with Gasteiger partial charge in [-0.25, -0.2) is 9.97 Å². The Morgan fingerprint density at radius 2 is 0.754 bits per heavy atom. The van der Waals surface area contributed by atoms with Gasteiger partial charge in [0.1, 0.15) is 0 Å². The van der Waals surface area contributed by atoms with Crippen LogP contribution in [0.3, 0.4) is 0 Å². The van der Waals surface area contributed by atoms with Crippen LogP contribution in [0.1, 0.15) is 22.6 Å². The van der Waals surface area contributed by atoms with Crippen molar-refractivity contribution in [2.45, 2.75) is 5.92 Å². The second-order valence-corrected chi connectivity index (χ2v) is 14.9. The van der Waals surface area contributed by atoms with E-state index in [2.05, 4.69) is 194 Å². The van der Waals surface area contributed by atoms with Crippen LogP contribution < -0.4 is 0 Å². The number of benzene rings is 9. The van der Waals surface area contributed by atoms with Crippen molar-refractivity contribution in [1.82, 2.24) is 9.97 Å². The van der Waals surface area contributed by atoms with Crippen LogP contribution >= 0.6 is 0 Å². The van der Waals surface area contributed by atoms with E-state index >= 15 is 0 Å². The minimum Gasteiger partial charge on any atom is -0.228 e. The summed E-state index contributed by atoms with van der Waals surface area (Å²) in [6.07, 6.45) is 0. The van der Waals surface area contributed by atoms with Crippen molar-refractivity contribution >= 4 is 21.5 Å². The fourth-order valence-electron chi connectivity index (χ4n) is 8.89. The number of nitrogens with zero attached hydrogens (tertiary/aromatic N) is 2. The van der Waals surface area contributed by atoms with Crippen molar-refractivity contribution in [1.29, 1.82) is 0 Å². The van der Waals surface area contributed by atoms with Gasteiger partial charge in [0.05, 0.1) is 11.4 Å². The summed E-state index contributed by atoms with van der Waals surface area (Å²) in [5.41, 5.74) is 16.4. The third-order valence-corrected chi connectivity index (χ3v) is 11.6. The van der Waals surface area contributed by atoms with Crippen LogP contribution in [-0.4, -0.2) is 9.97 Å². The molecule has 2 heteroatoms. The first-order valence-electron chi connectivity index (χ1n) is 19.6. The van der Waals surface area contributed by atoms with Gasteiger partial charge in [0, 0.05) is 22.6 Å². The molecule has 0 N–H and O–H groups in total. The number of fused-ring (bicyclic) bond motifs is 5. The van der Waals surface area contributed by atoms with Gasteiger partial charge in [-0.2, -0.15) is 0 Å². The van der Waals surface area contributed by atoms with Gasteiger partial charge in [-0.05, 0) is 77.7 Å². The lowest BCUT2D eigenvalue weighted by molar-refractivity contribution is 1.03. The van der Waals surface area contributed by atoms with Crippen LogP contribution in [0, 0.1) is 0 Å². The monoisotopic (exact) mass is 724 g/mol. The van der Waals surface area contributed by atoms with Gasteiger partial charge in [0.15, 0.2) is 5.82 Å². The van der Waals surface area contributed by atoms with E-state index in [0.717, 1.165) is 28.1 Å². The third-order valence-electron chi connectivity index (χ3n) is 11.6. The second-order valence-electron chi connectivity index (χ2n) is 14.9. The van der Waals surface area contributed by atoms with Gasteiger partial charge >= 0.3 is 0 Å². The average Bonchev–Trinajstić information content (AvgIpc) is 3.63. The highest BCUT2D eigenvalue weighted by molar-refractivity contribution is 6.00. The molecule has 2 nitrogen and oxygen atoms in total. The summed E-state index contributed by atoms with van der Waals surface area (Å²) in [6, 6.07) is 76.4. The summed E-state index contributed by atoms with van der Waals surface area (Å²) < 4.78 is 0. The zero-order valence-corrected chi connectivity index (χ0v) is 31.2. The summed E-state index contributed by atoms with van der Waals surface area (Å²) >= 11 is 0. The highest BCUT2D eigenvalue weighted by atomic mass is 14.9. The molecule has 0 aliphatic heterocycles. The van der Waals surface area contributed by atoms with Crippen molar-refractivity contribution in [3.05, 3.63) is 229 Å². The maximum absolute atomic E-state index is 5.13. The van der Waals surface area contributed by atoms with E-state index < -0.39 is 0 Å². The van der Waals surface area contributed by atoms with Gasteiger partial charge in [-0.1, -0.05) is 206 Å². The molecule has 9 aromatic carbocycles. The summed E-state index contributed by atoms with van der Waals surface area (Å²) in [4.78, 5) is 10.2. The molecule has 0 amide bonds. The first kappa shape index (κ1) is 33.0. The van der Waals surface area contributed by atoms with Crippen LogP contribution in [0.2, 0.25) is 0 Å². The van der Waals surface area contributed by atoms with E-state index in [1.54, 1.807) is 0 Å². The largest absolute Gasteiger partial charge is 0.228 e. The molecule has 1 aliphatic carbocycles. The molecule has 0 bridgehead atoms. The molecule has 1 aliphatic rings. The Balaban J connectivity index is 0.968. The lowest BCUT2D eigenvalue weighted by Gasteiger charge is -2.19. The minimum absolute atomic E-state index is 0.193. The summed E-state index contributed by atoms with van der Waals surface area (Å²) in [5.74, 6) is 0.904. The molecule has 57 heavy (non-hydrogen) atoms. The Kier molecular flexibility index (Phi) is 7.93. The quantitative estimate of drug-likeness (QED) is 0.171. The molecule has 10 aromatic rings. The van der Waals surface area contributed by atoms with Crippen molar-refractivity contribution in [3.63, 3.8) is 0 Å². The Morgan fingerprint density at radius 3 is 1.40 bits per heavy atom. The predicted octanol–water partition coefficient (Wildman–Crippen LogP) is 14.3. The Labute approximate surface area is 332 Å². The van der Waals surface area contributed by atoms with Crippen LogP contribution in [0.4, 0.5) is 0 Å². The summed E-state index contributed by atoms with van der Waals surface area (Å²) in [6.45, 7) is 0. The molecule has 0 unspecified atom stereocenters. The topological polar surface area (TPSA) is 25.8 Å². The van der Waals surface area contributed by atoms with Crippen molar-refractivity contribution in [2.75, 3.05) is 0 Å². The first-order chi connectivity index (χ1) is 28.3. The molecule has 0 spiro atoms. The number of rotatable bonds is 6. The van der Waals surface area contributed by atoms with Crippen molar-refractivity contribution < 1.29 is 0 Å². The van der Waals surface area contributed by atoms with Gasteiger partial charge in [0.25, 0.3) is 0 Å². The van der Waals surface area contributed by atoms with Crippen molar-refractivity contribution in [3.8, 4) is 67.3 Å². The fraction of sp³-hybridized carbons (Fsp3) is 0.0182. The molecule has 0 saturated carbocycles. The highest BCUT2D eigenvalue weighted by Gasteiger charge is 2.30. The summed E-state index contributed by atoms with van der Waals surface area (Å²) in [7, 11) is 0. The smallest absolute Gasteiger partial charge is 0.160 e. The Bertz CT molecular complexity index is 3060. The predicted molar refractivity (Wildman–Crippen MR) is 237 cm³/mol. The normalized spacial score (nSPS) is 12.1. The molecule has 1 aromatic heterocycles. The number of aromatic nitrogens is 2. The van der Waals surface area contributed by atoms with E-state index in [0.29, 0.717) is 5.82 Å². The average molecular weight is 725 g/mol. The molecular formula is C55H36N2. The van der Waals surface area contributed by atoms with E-state index in [-0.39, 0.29) is 5.92 Å². The lowest BCUT2D eigenvalue weighted by Crippen LogP contribution is -2.01. The highest BCUT2D eigenvalue weighted by Crippen LogP contribution is 2.50. The maximum atomic E-state index is 5.13. The fourth-order valence-corrected chi connectivity index (χ4v) is 8.89. The SMILES string of the molecule is c1ccc(-c2nc(-c3ccc(-c4cccc5ccccc45)cc3)cc(-c3ccc(-c4ccc(C5c6ccccc6-c6ccccc65)c5ccccc45)cc3)n2)cc1. The Hall–Kier alpha value is -7.42.